The van der Waals surface area contributed by atoms with Gasteiger partial charge in [0.2, 0.25) is 23.6 Å². The zero-order chi connectivity index (χ0) is 53.0. The molecule has 0 aliphatic rings. The number of para-hydroxylation sites is 2. The van der Waals surface area contributed by atoms with E-state index in [0.29, 0.717) is 34.8 Å². The zero-order valence-electron chi connectivity index (χ0n) is 39.4. The minimum absolute atomic E-state index is 0. The summed E-state index contributed by atoms with van der Waals surface area (Å²) in [6, 6.07) is 22.9. The number of aromatic nitrogens is 4. The quantitative estimate of drug-likeness (QED) is 0.0986. The summed E-state index contributed by atoms with van der Waals surface area (Å²) < 4.78 is 96.8. The fourth-order valence-corrected chi connectivity index (χ4v) is 9.60. The van der Waals surface area contributed by atoms with Gasteiger partial charge in [0.1, 0.15) is 11.6 Å². The maximum atomic E-state index is 14.0. The van der Waals surface area contributed by atoms with Gasteiger partial charge in [0.15, 0.2) is 0 Å². The van der Waals surface area contributed by atoms with Gasteiger partial charge in [-0.25, -0.2) is 17.2 Å². The molecule has 0 fully saturated rings. The van der Waals surface area contributed by atoms with Crippen molar-refractivity contribution in [3.05, 3.63) is 129 Å². The molecule has 6 aromatic rings. The second-order valence-corrected chi connectivity index (χ2v) is 22.3. The summed E-state index contributed by atoms with van der Waals surface area (Å²) in [6.07, 6.45) is 2.28. The summed E-state index contributed by atoms with van der Waals surface area (Å²) in [5, 5.41) is 17.9. The predicted molar refractivity (Wildman–Crippen MR) is 271 cm³/mol. The molecule has 0 atom stereocenters. The highest BCUT2D eigenvalue weighted by molar-refractivity contribution is 7.99. The van der Waals surface area contributed by atoms with Crippen LogP contribution in [0.3, 0.4) is 0 Å². The number of nitrogens with zero attached hydrogens (tertiary/aromatic N) is 5. The van der Waals surface area contributed by atoms with Gasteiger partial charge in [-0.1, -0.05) is 91.3 Å². The van der Waals surface area contributed by atoms with E-state index in [4.69, 9.17) is 23.2 Å². The smallest absolute Gasteiger partial charge is 0.278 e. The fraction of sp³-hybridized carbons (Fsp3) is 0.348. The minimum atomic E-state index is -3.87. The van der Waals surface area contributed by atoms with Gasteiger partial charge in [-0.2, -0.15) is 31.1 Å². The Kier molecular flexibility index (Phi) is 21.8. The summed E-state index contributed by atoms with van der Waals surface area (Å²) in [7, 11) is -11.4. The first-order chi connectivity index (χ1) is 33.1. The normalized spacial score (nSPS) is 11.5. The Balaban J connectivity index is 0.000000323. The highest BCUT2D eigenvalue weighted by Gasteiger charge is 2.25. The number of fused-ring (bicyclic) bond motifs is 2. The molecule has 0 saturated heterocycles. The number of carbonyl (C=O) groups excluding carboxylic acids is 4. The number of halogens is 4. The van der Waals surface area contributed by atoms with Crippen LogP contribution in [0.4, 0.5) is 8.78 Å². The Bertz CT molecular complexity index is 3220. The lowest BCUT2D eigenvalue weighted by molar-refractivity contribution is -0.137. The van der Waals surface area contributed by atoms with Crippen molar-refractivity contribution in [2.24, 2.45) is 0 Å². The molecule has 392 valence electrons. The van der Waals surface area contributed by atoms with E-state index in [2.05, 4.69) is 29.6 Å². The summed E-state index contributed by atoms with van der Waals surface area (Å²) in [6.45, 7) is 6.75. The third kappa shape index (κ3) is 17.9. The van der Waals surface area contributed by atoms with Crippen LogP contribution in [0.25, 0.3) is 21.8 Å². The Labute approximate surface area is 427 Å². The van der Waals surface area contributed by atoms with Gasteiger partial charge in [0.05, 0.1) is 77.2 Å². The molecule has 0 aliphatic heterocycles. The van der Waals surface area contributed by atoms with Crippen molar-refractivity contribution < 1.29 is 56.8 Å². The number of rotatable bonds is 17. The Morgan fingerprint density at radius 1 is 0.667 bits per heavy atom. The van der Waals surface area contributed by atoms with Crippen LogP contribution in [0.1, 0.15) is 57.6 Å². The lowest BCUT2D eigenvalue weighted by Gasteiger charge is -2.26. The van der Waals surface area contributed by atoms with E-state index in [9.17, 15) is 53.2 Å². The molecule has 4 amide bonds. The number of nitrogens with one attached hydrogen (secondary N) is 3. The number of hydrogen-bond acceptors (Lipinski definition) is 13. The van der Waals surface area contributed by atoms with Gasteiger partial charge in [-0.15, -0.1) is 3.63 Å². The van der Waals surface area contributed by atoms with E-state index in [1.165, 1.54) is 28.0 Å². The molecule has 6 rings (SSSR count). The Hall–Kier alpha value is -6.05. The van der Waals surface area contributed by atoms with Crippen molar-refractivity contribution in [1.82, 2.24) is 39.8 Å². The number of carbonyl (C=O) groups is 4. The van der Waals surface area contributed by atoms with E-state index < -0.39 is 53.7 Å². The molecular weight excluding hydrogens is 1050 g/mol. The Morgan fingerprint density at radius 3 is 1.56 bits per heavy atom. The van der Waals surface area contributed by atoms with E-state index in [-0.39, 0.29) is 91.5 Å². The SMILES string of the molecule is C.CC(C)N(CC(=O)NCc1cccc(Cl)c1F)C(=O)Cc1[nH]nc2ccccc12.CC(C)N(CC(=O)NCc1cccc(Cl)c1F)C(=O)Cc1nn(S(C)(=O)=O)c2ccccc12.CS(=O)(=O)OS(C)(=O)=O. The van der Waals surface area contributed by atoms with Crippen molar-refractivity contribution in [2.45, 2.75) is 73.1 Å². The summed E-state index contributed by atoms with van der Waals surface area (Å²) in [5.41, 5.74) is 2.69. The largest absolute Gasteiger partial charge is 0.350 e. The van der Waals surface area contributed by atoms with Crippen molar-refractivity contribution in [1.29, 1.82) is 0 Å². The lowest BCUT2D eigenvalue weighted by atomic mass is 10.1. The number of benzene rings is 4. The van der Waals surface area contributed by atoms with E-state index in [0.717, 1.165) is 21.2 Å². The number of H-pyrrole nitrogens is 1. The summed E-state index contributed by atoms with van der Waals surface area (Å²) >= 11 is 11.5. The first-order valence-electron chi connectivity index (χ1n) is 21.2. The van der Waals surface area contributed by atoms with Crippen molar-refractivity contribution in [3.63, 3.8) is 0 Å². The summed E-state index contributed by atoms with van der Waals surface area (Å²) in [4.78, 5) is 53.5. The van der Waals surface area contributed by atoms with Gasteiger partial charge < -0.3 is 20.4 Å². The second kappa shape index (κ2) is 26.1. The molecule has 0 saturated carbocycles. The van der Waals surface area contributed by atoms with Gasteiger partial charge >= 0.3 is 0 Å². The predicted octanol–water partition coefficient (Wildman–Crippen LogP) is 5.74. The second-order valence-electron chi connectivity index (χ2n) is 16.3. The van der Waals surface area contributed by atoms with Gasteiger partial charge in [0.25, 0.3) is 30.3 Å². The molecule has 3 N–H and O–H groups in total. The molecule has 2 aromatic heterocycles. The number of amides is 4. The van der Waals surface area contributed by atoms with E-state index in [1.807, 2.05) is 38.1 Å². The average molecular weight is 1100 g/mol. The minimum Gasteiger partial charge on any atom is -0.350 e. The fourth-order valence-electron chi connectivity index (χ4n) is 6.65. The highest BCUT2D eigenvalue weighted by atomic mass is 35.5. The van der Waals surface area contributed by atoms with Crippen LogP contribution in [0.15, 0.2) is 84.9 Å². The van der Waals surface area contributed by atoms with E-state index >= 15 is 0 Å². The van der Waals surface area contributed by atoms with Crippen LogP contribution in [0.2, 0.25) is 10.0 Å². The maximum Gasteiger partial charge on any atom is 0.278 e. The van der Waals surface area contributed by atoms with Crippen molar-refractivity contribution in [2.75, 3.05) is 31.9 Å². The van der Waals surface area contributed by atoms with Gasteiger partial charge in [0, 0.05) is 47.1 Å². The average Bonchev–Trinajstić information content (AvgIpc) is 3.86. The van der Waals surface area contributed by atoms with Gasteiger partial charge in [-0.3, -0.25) is 24.3 Å². The molecule has 0 aliphatic carbocycles. The van der Waals surface area contributed by atoms with Crippen LogP contribution in [-0.4, -0.2) is 122 Å². The first kappa shape index (κ1) is 60.3. The third-order valence-electron chi connectivity index (χ3n) is 9.91. The first-order valence-corrected chi connectivity index (χ1v) is 27.5. The van der Waals surface area contributed by atoms with Crippen LogP contribution in [0, 0.1) is 11.6 Å². The molecule has 0 unspecified atom stereocenters. The molecule has 0 radical (unpaired) electrons. The molecule has 19 nitrogen and oxygen atoms in total. The monoisotopic (exact) mass is 1100 g/mol. The van der Waals surface area contributed by atoms with Crippen molar-refractivity contribution >= 4 is 98.9 Å². The molecule has 26 heteroatoms. The number of hydrogen-bond donors (Lipinski definition) is 3. The van der Waals surface area contributed by atoms with Gasteiger partial charge in [-0.05, 0) is 52.0 Å². The van der Waals surface area contributed by atoms with Crippen LogP contribution < -0.4 is 10.6 Å². The number of aromatic amines is 1. The Morgan fingerprint density at radius 2 is 1.11 bits per heavy atom. The van der Waals surface area contributed by atoms with Crippen LogP contribution in [-0.2, 0) is 79.0 Å². The maximum absolute atomic E-state index is 14.0. The molecule has 72 heavy (non-hydrogen) atoms. The standard InChI is InChI=1S/C22H24ClFN4O4S.C21H22ClFN4O2.C2H6O5S2.CH4/c1-14(2)27(13-20(29)25-12-15-7-6-9-17(23)22(15)24)21(30)11-18-16-8-4-5-10-19(16)28(26-18)33(3,31)32;1-13(2)27(12-19(28)24-11-14-6-5-8-16(22)21(14)23)20(29)10-18-15-7-3-4-9-17(15)25-26-18;1-8(3,4)7-9(2,5)6;/h4-10,14H,11-13H2,1-3H3,(H,25,29);3-9,13H,10-12H2,1-2H3,(H,24,28)(H,25,26);1-2H3;1H4. The third-order valence-corrected chi connectivity index (χ3v) is 13.4. The van der Waals surface area contributed by atoms with Crippen LogP contribution >= 0.6 is 23.2 Å². The summed E-state index contributed by atoms with van der Waals surface area (Å²) in [5.74, 6) is -2.60. The van der Waals surface area contributed by atoms with Crippen LogP contribution in [0.5, 0.6) is 0 Å². The topological polar surface area (TPSA) is 257 Å². The lowest BCUT2D eigenvalue weighted by Crippen LogP contribution is -2.45. The van der Waals surface area contributed by atoms with E-state index in [1.54, 1.807) is 56.3 Å². The molecular formula is C46H56Cl2F2N8O11S3. The molecule has 4 aromatic carbocycles. The van der Waals surface area contributed by atoms with Crippen molar-refractivity contribution in [3.8, 4) is 0 Å². The molecule has 0 bridgehead atoms. The molecule has 2 heterocycles. The highest BCUT2D eigenvalue weighted by Crippen LogP contribution is 2.22. The molecule has 0 spiro atoms. The zero-order valence-corrected chi connectivity index (χ0v) is 43.4.